The molecule has 0 aromatic heterocycles. The number of hydrogen-bond donors (Lipinski definition) is 1. The smallest absolute Gasteiger partial charge is 0.151 e. The van der Waals surface area contributed by atoms with Crippen LogP contribution in [0.1, 0.15) is 25.8 Å². The van der Waals surface area contributed by atoms with Gasteiger partial charge in [-0.2, -0.15) is 0 Å². The van der Waals surface area contributed by atoms with Crippen LogP contribution in [0.2, 0.25) is 0 Å². The number of hydrogen-bond acceptors (Lipinski definition) is 5. The molecule has 2 aliphatic heterocycles. The zero-order chi connectivity index (χ0) is 16.4. The number of morpholine rings is 1. The molecule has 5 nitrogen and oxygen atoms in total. The van der Waals surface area contributed by atoms with E-state index in [1.807, 2.05) is 6.07 Å². The van der Waals surface area contributed by atoms with Crippen LogP contribution in [-0.2, 0) is 21.1 Å². The van der Waals surface area contributed by atoms with Gasteiger partial charge in [-0.3, -0.25) is 0 Å². The molecule has 2 aliphatic rings. The molecule has 0 aliphatic carbocycles. The van der Waals surface area contributed by atoms with Crippen LogP contribution in [0.15, 0.2) is 24.3 Å². The summed E-state index contributed by atoms with van der Waals surface area (Å²) in [5, 5.41) is 3.42. The molecular formula is C17H26N2O3S. The zero-order valence-corrected chi connectivity index (χ0v) is 14.7. The van der Waals surface area contributed by atoms with Crippen molar-refractivity contribution in [1.29, 1.82) is 0 Å². The summed E-state index contributed by atoms with van der Waals surface area (Å²) in [5.74, 6) is 0.575. The van der Waals surface area contributed by atoms with Crippen LogP contribution in [-0.4, -0.2) is 51.3 Å². The van der Waals surface area contributed by atoms with E-state index in [0.29, 0.717) is 12.3 Å². The first-order valence-corrected chi connectivity index (χ1v) is 10.2. The Morgan fingerprint density at radius 2 is 1.91 bits per heavy atom. The maximum Gasteiger partial charge on any atom is 0.151 e. The molecule has 6 heteroatoms. The second-order valence-electron chi connectivity index (χ2n) is 6.77. The number of para-hydroxylation sites is 1. The normalized spacial score (nSPS) is 30.5. The van der Waals surface area contributed by atoms with Gasteiger partial charge in [0.15, 0.2) is 9.84 Å². The number of ether oxygens (including phenoxy) is 1. The zero-order valence-electron chi connectivity index (χ0n) is 13.9. The van der Waals surface area contributed by atoms with Crippen molar-refractivity contribution in [3.63, 3.8) is 0 Å². The van der Waals surface area contributed by atoms with E-state index in [-0.39, 0.29) is 24.0 Å². The Hall–Kier alpha value is -1.11. The van der Waals surface area contributed by atoms with E-state index in [0.717, 1.165) is 19.5 Å². The van der Waals surface area contributed by atoms with Crippen LogP contribution in [0.25, 0.3) is 0 Å². The highest BCUT2D eigenvalue weighted by Crippen LogP contribution is 2.25. The fourth-order valence-electron chi connectivity index (χ4n) is 3.55. The number of anilines is 1. The Balaban J connectivity index is 1.68. The van der Waals surface area contributed by atoms with E-state index < -0.39 is 9.84 Å². The maximum atomic E-state index is 11.6. The first kappa shape index (κ1) is 16.7. The summed E-state index contributed by atoms with van der Waals surface area (Å²) in [5.41, 5.74) is 2.45. The van der Waals surface area contributed by atoms with E-state index in [1.165, 1.54) is 11.3 Å². The maximum absolute atomic E-state index is 11.6. The highest BCUT2D eigenvalue weighted by Gasteiger charge is 2.28. The summed E-state index contributed by atoms with van der Waals surface area (Å²) < 4.78 is 29.0. The molecule has 128 valence electrons. The van der Waals surface area contributed by atoms with Crippen molar-refractivity contribution in [2.75, 3.05) is 29.5 Å². The number of rotatable bonds is 4. The predicted molar refractivity (Wildman–Crippen MR) is 92.6 cm³/mol. The van der Waals surface area contributed by atoms with Gasteiger partial charge in [0.1, 0.15) is 0 Å². The van der Waals surface area contributed by atoms with Crippen molar-refractivity contribution in [1.82, 2.24) is 5.32 Å². The Morgan fingerprint density at radius 1 is 1.22 bits per heavy atom. The summed E-state index contributed by atoms with van der Waals surface area (Å²) in [6.07, 6.45) is 1.16. The molecule has 1 aromatic rings. The summed E-state index contributed by atoms with van der Waals surface area (Å²) in [6.45, 7) is 6.69. The largest absolute Gasteiger partial charge is 0.372 e. The van der Waals surface area contributed by atoms with E-state index in [4.69, 9.17) is 4.74 Å². The van der Waals surface area contributed by atoms with Crippen molar-refractivity contribution in [3.05, 3.63) is 29.8 Å². The van der Waals surface area contributed by atoms with Crippen LogP contribution in [0.3, 0.4) is 0 Å². The third-order valence-electron chi connectivity index (χ3n) is 4.57. The average Bonchev–Trinajstić information content (AvgIpc) is 2.84. The lowest BCUT2D eigenvalue weighted by molar-refractivity contribution is -0.00526. The molecule has 23 heavy (non-hydrogen) atoms. The number of sulfone groups is 1. The van der Waals surface area contributed by atoms with Crippen LogP contribution < -0.4 is 10.2 Å². The molecule has 1 aromatic carbocycles. The molecule has 0 saturated carbocycles. The summed E-state index contributed by atoms with van der Waals surface area (Å²) >= 11 is 0. The van der Waals surface area contributed by atoms with Crippen LogP contribution in [0.4, 0.5) is 5.69 Å². The number of nitrogens with one attached hydrogen (secondary N) is 1. The lowest BCUT2D eigenvalue weighted by atomic mass is 10.1. The molecule has 2 saturated heterocycles. The van der Waals surface area contributed by atoms with E-state index in [9.17, 15) is 8.42 Å². The molecule has 1 N–H and O–H groups in total. The first-order valence-electron chi connectivity index (χ1n) is 8.35. The first-order chi connectivity index (χ1) is 10.9. The lowest BCUT2D eigenvalue weighted by Gasteiger charge is -2.38. The fraction of sp³-hybridized carbons (Fsp3) is 0.647. The number of nitrogens with zero attached hydrogens (tertiary/aromatic N) is 1. The molecular weight excluding hydrogens is 312 g/mol. The minimum absolute atomic E-state index is 0.0793. The third kappa shape index (κ3) is 4.25. The highest BCUT2D eigenvalue weighted by molar-refractivity contribution is 7.91. The van der Waals surface area contributed by atoms with E-state index in [2.05, 4.69) is 42.3 Å². The Bertz CT molecular complexity index is 637. The van der Waals surface area contributed by atoms with Crippen molar-refractivity contribution in [3.8, 4) is 0 Å². The topological polar surface area (TPSA) is 58.6 Å². The minimum Gasteiger partial charge on any atom is -0.372 e. The third-order valence-corrected chi connectivity index (χ3v) is 6.33. The fourth-order valence-corrected chi connectivity index (χ4v) is 5.26. The van der Waals surface area contributed by atoms with Gasteiger partial charge >= 0.3 is 0 Å². The second-order valence-corrected chi connectivity index (χ2v) is 9.00. The van der Waals surface area contributed by atoms with Gasteiger partial charge in [-0.15, -0.1) is 0 Å². The summed E-state index contributed by atoms with van der Waals surface area (Å²) in [4.78, 5) is 2.38. The predicted octanol–water partition coefficient (Wildman–Crippen LogP) is 1.58. The van der Waals surface area contributed by atoms with Crippen molar-refractivity contribution in [2.24, 2.45) is 0 Å². The Morgan fingerprint density at radius 3 is 2.57 bits per heavy atom. The van der Waals surface area contributed by atoms with Gasteiger partial charge < -0.3 is 15.0 Å². The van der Waals surface area contributed by atoms with Crippen LogP contribution in [0, 0.1) is 0 Å². The molecule has 0 spiro atoms. The van der Waals surface area contributed by atoms with Crippen LogP contribution in [0.5, 0.6) is 0 Å². The molecule has 2 fully saturated rings. The molecule has 0 radical (unpaired) electrons. The molecule has 0 bridgehead atoms. The summed E-state index contributed by atoms with van der Waals surface area (Å²) in [7, 11) is -2.83. The van der Waals surface area contributed by atoms with Gasteiger partial charge in [0.05, 0.1) is 23.7 Å². The van der Waals surface area contributed by atoms with Gasteiger partial charge in [0.2, 0.25) is 0 Å². The van der Waals surface area contributed by atoms with E-state index >= 15 is 0 Å². The van der Waals surface area contributed by atoms with Crippen molar-refractivity contribution < 1.29 is 13.2 Å². The Labute approximate surface area is 138 Å². The molecule has 0 amide bonds. The highest BCUT2D eigenvalue weighted by atomic mass is 32.2. The van der Waals surface area contributed by atoms with Crippen LogP contribution >= 0.6 is 0 Å². The van der Waals surface area contributed by atoms with Gasteiger partial charge in [0.25, 0.3) is 0 Å². The molecule has 2 heterocycles. The quantitative estimate of drug-likeness (QED) is 0.903. The molecule has 0 unspecified atom stereocenters. The van der Waals surface area contributed by atoms with Gasteiger partial charge in [-0.25, -0.2) is 8.42 Å². The Kier molecular flexibility index (Phi) is 4.94. The standard InChI is InChI=1S/C17H26N2O3S/c1-13-10-19(11-14(2)22-13)17-6-4-3-5-15(17)9-18-16-7-8-23(20,21)12-16/h3-6,13-14,16,18H,7-12H2,1-2H3/t13-,14-,16+/m1/s1. The van der Waals surface area contributed by atoms with Crippen molar-refractivity contribution >= 4 is 15.5 Å². The lowest BCUT2D eigenvalue weighted by Crippen LogP contribution is -2.46. The average molecular weight is 338 g/mol. The minimum atomic E-state index is -2.83. The van der Waals surface area contributed by atoms with Crippen molar-refractivity contribution in [2.45, 2.75) is 45.1 Å². The monoisotopic (exact) mass is 338 g/mol. The van der Waals surface area contributed by atoms with Gasteiger partial charge in [0, 0.05) is 31.4 Å². The second kappa shape index (κ2) is 6.79. The molecule has 3 rings (SSSR count). The SMILES string of the molecule is C[C@@H]1CN(c2ccccc2CN[C@H]2CCS(=O)(=O)C2)C[C@@H](C)O1. The molecule has 3 atom stereocenters. The van der Waals surface area contributed by atoms with Gasteiger partial charge in [-0.05, 0) is 31.9 Å². The van der Waals surface area contributed by atoms with E-state index in [1.54, 1.807) is 0 Å². The summed E-state index contributed by atoms with van der Waals surface area (Å²) in [6, 6.07) is 8.45. The van der Waals surface area contributed by atoms with Gasteiger partial charge in [-0.1, -0.05) is 18.2 Å². The number of benzene rings is 1.